The molecule has 1 aliphatic rings. The maximum atomic E-state index is 13.6. The van der Waals surface area contributed by atoms with Gasteiger partial charge < -0.3 is 19.3 Å². The van der Waals surface area contributed by atoms with Crippen LogP contribution in [0.5, 0.6) is 11.5 Å². The lowest BCUT2D eigenvalue weighted by Crippen LogP contribution is -2.43. The van der Waals surface area contributed by atoms with Gasteiger partial charge >= 0.3 is 0 Å². The summed E-state index contributed by atoms with van der Waals surface area (Å²) in [7, 11) is 0. The molecule has 1 aliphatic heterocycles. The Hall–Kier alpha value is -4.18. The van der Waals surface area contributed by atoms with Crippen LogP contribution in [-0.2, 0) is 22.7 Å². The SMILES string of the molecule is CC(C)CN(CC(=O)N(Cc1ccc2c(c1)OCO2)Cc1cccs1)C(=O)C=Cc1ccc([N+](=O)[O-])cc1. The van der Waals surface area contributed by atoms with Crippen molar-refractivity contribution in [2.45, 2.75) is 26.9 Å². The molecule has 1 aromatic heterocycles. The number of benzene rings is 2. The van der Waals surface area contributed by atoms with E-state index >= 15 is 0 Å². The molecule has 10 heteroatoms. The van der Waals surface area contributed by atoms with Gasteiger partial charge in [0.15, 0.2) is 11.5 Å². The first-order valence-corrected chi connectivity index (χ1v) is 13.1. The van der Waals surface area contributed by atoms with Gasteiger partial charge in [0.25, 0.3) is 5.69 Å². The van der Waals surface area contributed by atoms with Gasteiger partial charge in [0.05, 0.1) is 11.5 Å². The number of nitrogens with zero attached hydrogens (tertiary/aromatic N) is 3. The molecule has 2 aromatic carbocycles. The fourth-order valence-corrected chi connectivity index (χ4v) is 4.72. The number of thiophene rings is 1. The Morgan fingerprint density at radius 3 is 2.50 bits per heavy atom. The molecule has 198 valence electrons. The third kappa shape index (κ3) is 7.19. The van der Waals surface area contributed by atoms with E-state index in [4.69, 9.17) is 9.47 Å². The zero-order chi connectivity index (χ0) is 27.1. The van der Waals surface area contributed by atoms with Crippen molar-refractivity contribution in [1.29, 1.82) is 0 Å². The Labute approximate surface area is 225 Å². The minimum Gasteiger partial charge on any atom is -0.454 e. The average Bonchev–Trinajstić information content (AvgIpc) is 3.58. The minimum atomic E-state index is -0.472. The van der Waals surface area contributed by atoms with Gasteiger partial charge in [-0.05, 0) is 58.8 Å². The zero-order valence-corrected chi connectivity index (χ0v) is 22.1. The maximum absolute atomic E-state index is 13.6. The number of hydrogen-bond acceptors (Lipinski definition) is 7. The number of carbonyl (C=O) groups is 2. The van der Waals surface area contributed by atoms with Crippen LogP contribution in [0.3, 0.4) is 0 Å². The number of carbonyl (C=O) groups excluding carboxylic acids is 2. The van der Waals surface area contributed by atoms with Crippen molar-refractivity contribution in [3.63, 3.8) is 0 Å². The number of nitro benzene ring substituents is 1. The molecule has 0 radical (unpaired) electrons. The monoisotopic (exact) mass is 535 g/mol. The van der Waals surface area contributed by atoms with E-state index in [1.54, 1.807) is 34.4 Å². The van der Waals surface area contributed by atoms with Crippen LogP contribution in [0.4, 0.5) is 5.69 Å². The van der Waals surface area contributed by atoms with E-state index in [0.717, 1.165) is 10.4 Å². The molecule has 3 aromatic rings. The molecule has 0 fully saturated rings. The minimum absolute atomic E-state index is 0.0196. The summed E-state index contributed by atoms with van der Waals surface area (Å²) in [6.45, 7) is 5.27. The topological polar surface area (TPSA) is 102 Å². The number of ether oxygens (including phenoxy) is 2. The number of nitro groups is 1. The van der Waals surface area contributed by atoms with Crippen LogP contribution in [0.1, 0.15) is 29.9 Å². The van der Waals surface area contributed by atoms with Crippen LogP contribution in [0.15, 0.2) is 66.1 Å². The van der Waals surface area contributed by atoms with E-state index in [1.165, 1.54) is 23.1 Å². The molecule has 0 saturated heterocycles. The van der Waals surface area contributed by atoms with E-state index in [-0.39, 0.29) is 36.8 Å². The van der Waals surface area contributed by atoms with Crippen molar-refractivity contribution < 1.29 is 24.0 Å². The van der Waals surface area contributed by atoms with Crippen molar-refractivity contribution in [2.75, 3.05) is 19.9 Å². The Balaban J connectivity index is 1.49. The quantitative estimate of drug-likeness (QED) is 0.192. The summed E-state index contributed by atoms with van der Waals surface area (Å²) in [6.07, 6.45) is 3.00. The number of amides is 2. The highest BCUT2D eigenvalue weighted by Gasteiger charge is 2.23. The molecule has 4 rings (SSSR count). The van der Waals surface area contributed by atoms with Crippen molar-refractivity contribution in [2.24, 2.45) is 5.92 Å². The summed E-state index contributed by atoms with van der Waals surface area (Å²) in [4.78, 5) is 41.4. The van der Waals surface area contributed by atoms with E-state index < -0.39 is 4.92 Å². The summed E-state index contributed by atoms with van der Waals surface area (Å²) in [5, 5.41) is 12.8. The summed E-state index contributed by atoms with van der Waals surface area (Å²) in [6, 6.07) is 15.5. The third-order valence-corrected chi connectivity index (χ3v) is 6.70. The second-order valence-electron chi connectivity index (χ2n) is 9.31. The van der Waals surface area contributed by atoms with E-state index in [2.05, 4.69) is 0 Å². The molecule has 38 heavy (non-hydrogen) atoms. The molecule has 2 heterocycles. The standard InChI is InChI=1S/C28H29N3O6S/c1-20(2)15-29(27(32)12-8-21-5-9-23(10-6-21)31(34)35)18-28(33)30(17-24-4-3-13-38-24)16-22-7-11-25-26(14-22)37-19-36-25/h3-14,20H,15-19H2,1-2H3. The Morgan fingerprint density at radius 1 is 1.05 bits per heavy atom. The summed E-state index contributed by atoms with van der Waals surface area (Å²) < 4.78 is 10.9. The predicted molar refractivity (Wildman–Crippen MR) is 145 cm³/mol. The predicted octanol–water partition coefficient (Wildman–Crippen LogP) is 5.11. The molecule has 0 N–H and O–H groups in total. The largest absolute Gasteiger partial charge is 0.454 e. The number of rotatable bonds is 11. The van der Waals surface area contributed by atoms with Gasteiger partial charge in [-0.2, -0.15) is 0 Å². The van der Waals surface area contributed by atoms with Gasteiger partial charge in [0, 0.05) is 36.2 Å². The van der Waals surface area contributed by atoms with Crippen LogP contribution < -0.4 is 9.47 Å². The lowest BCUT2D eigenvalue weighted by atomic mass is 10.1. The highest BCUT2D eigenvalue weighted by atomic mass is 32.1. The van der Waals surface area contributed by atoms with Crippen LogP contribution in [-0.4, -0.2) is 46.4 Å². The van der Waals surface area contributed by atoms with Crippen molar-refractivity contribution >= 4 is 34.9 Å². The van der Waals surface area contributed by atoms with Crippen molar-refractivity contribution in [3.05, 3.63) is 92.2 Å². The fourth-order valence-electron chi connectivity index (χ4n) is 4.00. The Morgan fingerprint density at radius 2 is 1.82 bits per heavy atom. The van der Waals surface area contributed by atoms with Crippen LogP contribution in [0, 0.1) is 16.0 Å². The number of fused-ring (bicyclic) bond motifs is 1. The maximum Gasteiger partial charge on any atom is 0.269 e. The van der Waals surface area contributed by atoms with Crippen molar-refractivity contribution in [1.82, 2.24) is 9.80 Å². The summed E-state index contributed by atoms with van der Waals surface area (Å²) in [5.74, 6) is 1.01. The fraction of sp³-hybridized carbons (Fsp3) is 0.286. The Bertz CT molecular complexity index is 1300. The third-order valence-electron chi connectivity index (χ3n) is 5.84. The lowest BCUT2D eigenvalue weighted by Gasteiger charge is -2.28. The molecule has 0 aliphatic carbocycles. The molecular weight excluding hydrogens is 506 g/mol. The van der Waals surface area contributed by atoms with Crippen molar-refractivity contribution in [3.8, 4) is 11.5 Å². The van der Waals surface area contributed by atoms with Crippen LogP contribution in [0.2, 0.25) is 0 Å². The molecule has 0 saturated carbocycles. The lowest BCUT2D eigenvalue weighted by molar-refractivity contribution is -0.384. The first-order valence-electron chi connectivity index (χ1n) is 12.2. The van der Waals surface area contributed by atoms with Gasteiger partial charge in [-0.25, -0.2) is 0 Å². The highest BCUT2D eigenvalue weighted by Crippen LogP contribution is 2.33. The number of non-ortho nitro benzene ring substituents is 1. The van der Waals surface area contributed by atoms with Gasteiger partial charge in [-0.3, -0.25) is 19.7 Å². The number of hydrogen-bond donors (Lipinski definition) is 0. The van der Waals surface area contributed by atoms with Crippen LogP contribution in [0.25, 0.3) is 6.08 Å². The van der Waals surface area contributed by atoms with E-state index in [9.17, 15) is 19.7 Å². The first kappa shape index (κ1) is 26.9. The molecule has 9 nitrogen and oxygen atoms in total. The second-order valence-corrected chi connectivity index (χ2v) is 10.3. The average molecular weight is 536 g/mol. The summed E-state index contributed by atoms with van der Waals surface area (Å²) >= 11 is 1.57. The Kier molecular flexibility index (Phi) is 8.75. The summed E-state index contributed by atoms with van der Waals surface area (Å²) in [5.41, 5.74) is 1.54. The zero-order valence-electron chi connectivity index (χ0n) is 21.2. The molecule has 0 atom stereocenters. The smallest absolute Gasteiger partial charge is 0.269 e. The van der Waals surface area contributed by atoms with Gasteiger partial charge in [0.1, 0.15) is 6.54 Å². The second kappa shape index (κ2) is 12.4. The molecule has 0 unspecified atom stereocenters. The first-order chi connectivity index (χ1) is 18.3. The molecule has 2 amide bonds. The van der Waals surface area contributed by atoms with E-state index in [0.29, 0.717) is 36.7 Å². The normalized spacial score (nSPS) is 12.2. The van der Waals surface area contributed by atoms with Gasteiger partial charge in [-0.15, -0.1) is 11.3 Å². The van der Waals surface area contributed by atoms with E-state index in [1.807, 2.05) is 49.6 Å². The molecule has 0 spiro atoms. The molecule has 0 bridgehead atoms. The molecular formula is C28H29N3O6S. The highest BCUT2D eigenvalue weighted by molar-refractivity contribution is 7.09. The van der Waals surface area contributed by atoms with Crippen LogP contribution >= 0.6 is 11.3 Å². The van der Waals surface area contributed by atoms with Gasteiger partial charge in [-0.1, -0.05) is 26.0 Å². The van der Waals surface area contributed by atoms with Gasteiger partial charge in [0.2, 0.25) is 18.6 Å².